The van der Waals surface area contributed by atoms with Gasteiger partial charge < -0.3 is 5.32 Å². The molecular formula is C15H12BrFN2O. The standard InChI is InChI=1S/C15H12BrFN2O/c16-13-4-5-14(17)12(8-13)3-6-15(20)19-10-11-2-1-7-18-9-11/h1-9H,10H2,(H,19,20)/b6-3+. The maximum atomic E-state index is 13.5. The molecule has 1 heterocycles. The summed E-state index contributed by atoms with van der Waals surface area (Å²) in [6.45, 7) is 0.387. The highest BCUT2D eigenvalue weighted by Gasteiger charge is 2.01. The molecular weight excluding hydrogens is 323 g/mol. The number of rotatable bonds is 4. The summed E-state index contributed by atoms with van der Waals surface area (Å²) in [4.78, 5) is 15.6. The monoisotopic (exact) mass is 334 g/mol. The van der Waals surface area contributed by atoms with Crippen LogP contribution < -0.4 is 5.32 Å². The molecule has 5 heteroatoms. The van der Waals surface area contributed by atoms with E-state index in [0.717, 1.165) is 10.0 Å². The maximum absolute atomic E-state index is 13.5. The Morgan fingerprint density at radius 1 is 1.40 bits per heavy atom. The molecule has 2 aromatic rings. The molecule has 1 N–H and O–H groups in total. The minimum absolute atomic E-state index is 0.284. The zero-order chi connectivity index (χ0) is 14.4. The molecule has 0 saturated heterocycles. The number of aromatic nitrogens is 1. The predicted octanol–water partition coefficient (Wildman–Crippen LogP) is 3.31. The molecule has 1 aromatic heterocycles. The molecule has 0 saturated carbocycles. The van der Waals surface area contributed by atoms with Crippen LogP contribution in [-0.2, 0) is 11.3 Å². The number of pyridine rings is 1. The van der Waals surface area contributed by atoms with Crippen LogP contribution >= 0.6 is 15.9 Å². The van der Waals surface area contributed by atoms with Crippen LogP contribution in [0.2, 0.25) is 0 Å². The quantitative estimate of drug-likeness (QED) is 0.871. The lowest BCUT2D eigenvalue weighted by Crippen LogP contribution is -2.20. The SMILES string of the molecule is O=C(/C=C/c1cc(Br)ccc1F)NCc1cccnc1. The highest BCUT2D eigenvalue weighted by atomic mass is 79.9. The fraction of sp³-hybridized carbons (Fsp3) is 0.0667. The summed E-state index contributed by atoms with van der Waals surface area (Å²) in [6, 6.07) is 8.23. The summed E-state index contributed by atoms with van der Waals surface area (Å²) in [5, 5.41) is 2.70. The third-order valence-electron chi connectivity index (χ3n) is 2.56. The molecule has 1 aromatic carbocycles. The number of benzene rings is 1. The second kappa shape index (κ2) is 6.96. The van der Waals surface area contributed by atoms with Crippen LogP contribution in [0.3, 0.4) is 0 Å². The van der Waals surface area contributed by atoms with Gasteiger partial charge in [0, 0.05) is 35.1 Å². The molecule has 3 nitrogen and oxygen atoms in total. The number of amides is 1. The molecule has 0 unspecified atom stereocenters. The normalized spacial score (nSPS) is 10.7. The van der Waals surface area contributed by atoms with Gasteiger partial charge in [0.15, 0.2) is 0 Å². The number of nitrogens with zero attached hydrogens (tertiary/aromatic N) is 1. The Kier molecular flexibility index (Phi) is 5.01. The third kappa shape index (κ3) is 4.28. The highest BCUT2D eigenvalue weighted by Crippen LogP contribution is 2.16. The zero-order valence-electron chi connectivity index (χ0n) is 10.5. The Labute approximate surface area is 124 Å². The third-order valence-corrected chi connectivity index (χ3v) is 3.06. The van der Waals surface area contributed by atoms with Gasteiger partial charge >= 0.3 is 0 Å². The van der Waals surface area contributed by atoms with E-state index in [0.29, 0.717) is 12.1 Å². The van der Waals surface area contributed by atoms with Crippen LogP contribution in [0.25, 0.3) is 6.08 Å². The van der Waals surface area contributed by atoms with Crippen molar-refractivity contribution in [2.24, 2.45) is 0 Å². The van der Waals surface area contributed by atoms with Crippen molar-refractivity contribution in [3.8, 4) is 0 Å². The summed E-state index contributed by atoms with van der Waals surface area (Å²) >= 11 is 3.26. The van der Waals surface area contributed by atoms with Crippen LogP contribution in [0, 0.1) is 5.82 Å². The fourth-order valence-corrected chi connectivity index (χ4v) is 1.94. The first-order valence-electron chi connectivity index (χ1n) is 5.95. The van der Waals surface area contributed by atoms with Gasteiger partial charge in [0.05, 0.1) is 0 Å². The van der Waals surface area contributed by atoms with Gasteiger partial charge in [0.1, 0.15) is 5.82 Å². The van der Waals surface area contributed by atoms with E-state index in [-0.39, 0.29) is 11.7 Å². The van der Waals surface area contributed by atoms with Gasteiger partial charge in [0.25, 0.3) is 0 Å². The van der Waals surface area contributed by atoms with Crippen LogP contribution in [0.5, 0.6) is 0 Å². The van der Waals surface area contributed by atoms with Crippen molar-refractivity contribution in [2.45, 2.75) is 6.54 Å². The summed E-state index contributed by atoms with van der Waals surface area (Å²) in [5.74, 6) is -0.655. The van der Waals surface area contributed by atoms with E-state index in [4.69, 9.17) is 0 Å². The van der Waals surface area contributed by atoms with Gasteiger partial charge in [-0.1, -0.05) is 22.0 Å². The lowest BCUT2D eigenvalue weighted by molar-refractivity contribution is -0.116. The minimum Gasteiger partial charge on any atom is -0.348 e. The lowest BCUT2D eigenvalue weighted by Gasteiger charge is -2.02. The van der Waals surface area contributed by atoms with Crippen LogP contribution in [0.4, 0.5) is 4.39 Å². The Morgan fingerprint density at radius 3 is 3.00 bits per heavy atom. The fourth-order valence-electron chi connectivity index (χ4n) is 1.56. The van der Waals surface area contributed by atoms with Crippen molar-refractivity contribution in [3.05, 3.63) is 70.2 Å². The first-order chi connectivity index (χ1) is 9.65. The van der Waals surface area contributed by atoms with Gasteiger partial charge in [-0.25, -0.2) is 4.39 Å². The molecule has 102 valence electrons. The van der Waals surface area contributed by atoms with Crippen LogP contribution in [0.15, 0.2) is 53.3 Å². The second-order valence-electron chi connectivity index (χ2n) is 4.08. The summed E-state index contributed by atoms with van der Waals surface area (Å²) < 4.78 is 14.2. The molecule has 1 amide bonds. The summed E-state index contributed by atoms with van der Waals surface area (Å²) in [5.41, 5.74) is 1.26. The molecule has 0 bridgehead atoms. The number of hydrogen-bond donors (Lipinski definition) is 1. The maximum Gasteiger partial charge on any atom is 0.244 e. The van der Waals surface area contributed by atoms with Crippen LogP contribution in [-0.4, -0.2) is 10.9 Å². The van der Waals surface area contributed by atoms with Crippen molar-refractivity contribution in [3.63, 3.8) is 0 Å². The van der Waals surface area contributed by atoms with Crippen molar-refractivity contribution in [1.29, 1.82) is 0 Å². The molecule has 0 spiro atoms. The number of carbonyl (C=O) groups excluding carboxylic acids is 1. The largest absolute Gasteiger partial charge is 0.348 e. The van der Waals surface area contributed by atoms with Crippen molar-refractivity contribution in [1.82, 2.24) is 10.3 Å². The Balaban J connectivity index is 1.94. The average Bonchev–Trinajstić information content (AvgIpc) is 2.47. The predicted molar refractivity (Wildman–Crippen MR) is 79.2 cm³/mol. The Hall–Kier alpha value is -2.01. The molecule has 0 radical (unpaired) electrons. The molecule has 0 aliphatic carbocycles. The van der Waals surface area contributed by atoms with E-state index in [2.05, 4.69) is 26.2 Å². The molecule has 0 aliphatic heterocycles. The lowest BCUT2D eigenvalue weighted by atomic mass is 10.2. The van der Waals surface area contributed by atoms with E-state index in [1.54, 1.807) is 30.6 Å². The number of nitrogens with one attached hydrogen (secondary N) is 1. The zero-order valence-corrected chi connectivity index (χ0v) is 12.1. The van der Waals surface area contributed by atoms with Gasteiger partial charge in [-0.05, 0) is 35.9 Å². The van der Waals surface area contributed by atoms with Gasteiger partial charge in [-0.3, -0.25) is 9.78 Å². The van der Waals surface area contributed by atoms with Crippen molar-refractivity contribution >= 4 is 27.9 Å². The van der Waals surface area contributed by atoms with Crippen molar-refractivity contribution in [2.75, 3.05) is 0 Å². The number of halogens is 2. The summed E-state index contributed by atoms with van der Waals surface area (Å²) in [7, 11) is 0. The second-order valence-corrected chi connectivity index (χ2v) is 4.99. The van der Waals surface area contributed by atoms with E-state index >= 15 is 0 Å². The minimum atomic E-state index is -0.371. The topological polar surface area (TPSA) is 42.0 Å². The number of hydrogen-bond acceptors (Lipinski definition) is 2. The van der Waals surface area contributed by atoms with Crippen LogP contribution in [0.1, 0.15) is 11.1 Å². The molecule has 2 rings (SSSR count). The first kappa shape index (κ1) is 14.4. The Morgan fingerprint density at radius 2 is 2.25 bits per heavy atom. The van der Waals surface area contributed by atoms with Gasteiger partial charge in [-0.2, -0.15) is 0 Å². The van der Waals surface area contributed by atoms with Crippen molar-refractivity contribution < 1.29 is 9.18 Å². The van der Waals surface area contributed by atoms with E-state index in [1.807, 2.05) is 6.07 Å². The van der Waals surface area contributed by atoms with Gasteiger partial charge in [0.2, 0.25) is 5.91 Å². The smallest absolute Gasteiger partial charge is 0.244 e. The highest BCUT2D eigenvalue weighted by molar-refractivity contribution is 9.10. The Bertz CT molecular complexity index is 629. The van der Waals surface area contributed by atoms with E-state index in [1.165, 1.54) is 18.2 Å². The van der Waals surface area contributed by atoms with E-state index < -0.39 is 0 Å². The average molecular weight is 335 g/mol. The molecule has 0 atom stereocenters. The van der Waals surface area contributed by atoms with E-state index in [9.17, 15) is 9.18 Å². The number of carbonyl (C=O) groups is 1. The molecule has 20 heavy (non-hydrogen) atoms. The molecule has 0 aliphatic rings. The first-order valence-corrected chi connectivity index (χ1v) is 6.74. The summed E-state index contributed by atoms with van der Waals surface area (Å²) in [6.07, 6.45) is 6.10. The molecule has 0 fully saturated rings. The van der Waals surface area contributed by atoms with Gasteiger partial charge in [-0.15, -0.1) is 0 Å².